The summed E-state index contributed by atoms with van der Waals surface area (Å²) < 4.78 is 2.38. The molecule has 30 heavy (non-hydrogen) atoms. The van der Waals surface area contributed by atoms with Crippen LogP contribution < -0.4 is 16.6 Å². The van der Waals surface area contributed by atoms with Gasteiger partial charge in [-0.3, -0.25) is 14.2 Å². The first-order chi connectivity index (χ1) is 14.4. The van der Waals surface area contributed by atoms with Crippen molar-refractivity contribution < 1.29 is 4.79 Å². The van der Waals surface area contributed by atoms with Crippen molar-refractivity contribution in [1.82, 2.24) is 9.13 Å². The van der Waals surface area contributed by atoms with Crippen LogP contribution in [-0.4, -0.2) is 15.0 Å². The molecule has 0 saturated heterocycles. The highest BCUT2D eigenvalue weighted by Gasteiger charge is 2.19. The second-order valence-corrected chi connectivity index (χ2v) is 8.59. The summed E-state index contributed by atoms with van der Waals surface area (Å²) in [7, 11) is 0. The van der Waals surface area contributed by atoms with Gasteiger partial charge in [-0.15, -0.1) is 11.3 Å². The number of benzene rings is 2. The van der Waals surface area contributed by atoms with Gasteiger partial charge in [-0.05, 0) is 37.3 Å². The molecule has 0 aliphatic carbocycles. The van der Waals surface area contributed by atoms with Crippen molar-refractivity contribution in [2.75, 3.05) is 5.32 Å². The first-order valence-corrected chi connectivity index (χ1v) is 10.5. The van der Waals surface area contributed by atoms with E-state index in [1.807, 2.05) is 6.92 Å². The molecule has 6 nitrogen and oxygen atoms in total. The van der Waals surface area contributed by atoms with Crippen molar-refractivity contribution in [2.24, 2.45) is 0 Å². The number of rotatable bonds is 4. The number of aromatic nitrogens is 2. The SMILES string of the molecule is Cc1cc2c(=O)n(-c3ccccc3)c(=O)n(CC(=O)Nc3cccc(Cl)c3Cl)c2s1. The van der Waals surface area contributed by atoms with Gasteiger partial charge in [0, 0.05) is 4.88 Å². The fourth-order valence-corrected chi connectivity index (χ4v) is 4.49. The van der Waals surface area contributed by atoms with Crippen LogP contribution in [-0.2, 0) is 11.3 Å². The molecule has 0 aliphatic rings. The zero-order valence-corrected chi connectivity index (χ0v) is 18.0. The Labute approximate surface area is 184 Å². The van der Waals surface area contributed by atoms with Crippen molar-refractivity contribution in [1.29, 1.82) is 0 Å². The van der Waals surface area contributed by atoms with E-state index in [0.717, 1.165) is 9.44 Å². The van der Waals surface area contributed by atoms with Gasteiger partial charge in [0.15, 0.2) is 0 Å². The van der Waals surface area contributed by atoms with Crippen LogP contribution in [0.2, 0.25) is 10.0 Å². The van der Waals surface area contributed by atoms with Crippen LogP contribution in [0.3, 0.4) is 0 Å². The second kappa shape index (κ2) is 8.10. The highest BCUT2D eigenvalue weighted by atomic mass is 35.5. The molecule has 0 radical (unpaired) electrons. The van der Waals surface area contributed by atoms with E-state index in [-0.39, 0.29) is 11.6 Å². The van der Waals surface area contributed by atoms with Crippen molar-refractivity contribution in [3.63, 3.8) is 0 Å². The van der Waals surface area contributed by atoms with Gasteiger partial charge in [0.2, 0.25) is 5.91 Å². The van der Waals surface area contributed by atoms with Crippen molar-refractivity contribution in [2.45, 2.75) is 13.5 Å². The summed E-state index contributed by atoms with van der Waals surface area (Å²) in [6.07, 6.45) is 0. The van der Waals surface area contributed by atoms with E-state index >= 15 is 0 Å². The number of thiophene rings is 1. The van der Waals surface area contributed by atoms with E-state index in [0.29, 0.717) is 26.6 Å². The normalized spacial score (nSPS) is 11.0. The highest BCUT2D eigenvalue weighted by Crippen LogP contribution is 2.29. The Bertz CT molecular complexity index is 1390. The van der Waals surface area contributed by atoms with Gasteiger partial charge < -0.3 is 5.32 Å². The van der Waals surface area contributed by atoms with Crippen LogP contribution in [0.4, 0.5) is 5.69 Å². The molecule has 0 unspecified atom stereocenters. The smallest absolute Gasteiger partial charge is 0.323 e. The Hall–Kier alpha value is -2.87. The predicted molar refractivity (Wildman–Crippen MR) is 122 cm³/mol. The molecule has 2 aromatic carbocycles. The molecule has 0 bridgehead atoms. The number of hydrogen-bond donors (Lipinski definition) is 1. The molecule has 2 heterocycles. The number of para-hydroxylation sites is 1. The molecule has 1 amide bonds. The fourth-order valence-electron chi connectivity index (χ4n) is 3.15. The molecule has 4 aromatic rings. The summed E-state index contributed by atoms with van der Waals surface area (Å²) >= 11 is 13.4. The Morgan fingerprint density at radius 2 is 1.80 bits per heavy atom. The van der Waals surface area contributed by atoms with Gasteiger partial charge in [0.05, 0.1) is 26.8 Å². The lowest BCUT2D eigenvalue weighted by Gasteiger charge is -2.13. The molecule has 4 rings (SSSR count). The minimum atomic E-state index is -0.590. The molecule has 0 aliphatic heterocycles. The maximum Gasteiger partial charge on any atom is 0.337 e. The molecule has 0 fully saturated rings. The molecule has 9 heteroatoms. The van der Waals surface area contributed by atoms with Gasteiger partial charge in [0.1, 0.15) is 11.4 Å². The molecule has 1 N–H and O–H groups in total. The number of fused-ring (bicyclic) bond motifs is 1. The van der Waals surface area contributed by atoms with Gasteiger partial charge in [-0.1, -0.05) is 47.5 Å². The summed E-state index contributed by atoms with van der Waals surface area (Å²) in [5, 5.41) is 3.58. The molecular formula is C21H15Cl2N3O3S. The lowest BCUT2D eigenvalue weighted by atomic mass is 10.3. The number of halogens is 2. The second-order valence-electron chi connectivity index (χ2n) is 6.57. The Kier molecular flexibility index (Phi) is 5.51. The third-order valence-corrected chi connectivity index (χ3v) is 6.37. The Morgan fingerprint density at radius 3 is 2.53 bits per heavy atom. The minimum Gasteiger partial charge on any atom is -0.323 e. The summed E-state index contributed by atoms with van der Waals surface area (Å²) in [6, 6.07) is 15.2. The summed E-state index contributed by atoms with van der Waals surface area (Å²) in [6.45, 7) is 1.56. The summed E-state index contributed by atoms with van der Waals surface area (Å²) in [5.74, 6) is -0.466. The van der Waals surface area contributed by atoms with Crippen molar-refractivity contribution in [3.8, 4) is 5.69 Å². The maximum atomic E-state index is 13.2. The predicted octanol–water partition coefficient (Wildman–Crippen LogP) is 4.47. The Balaban J connectivity index is 1.82. The third-order valence-electron chi connectivity index (χ3n) is 4.48. The van der Waals surface area contributed by atoms with Gasteiger partial charge >= 0.3 is 5.69 Å². The minimum absolute atomic E-state index is 0.214. The molecule has 0 saturated carbocycles. The van der Waals surface area contributed by atoms with Gasteiger partial charge in [-0.25, -0.2) is 9.36 Å². The van der Waals surface area contributed by atoms with Crippen LogP contribution in [0, 0.1) is 6.92 Å². The number of amides is 1. The number of aryl methyl sites for hydroxylation is 1. The molecular weight excluding hydrogens is 445 g/mol. The zero-order valence-electron chi connectivity index (χ0n) is 15.7. The summed E-state index contributed by atoms with van der Waals surface area (Å²) in [5.41, 5.74) is -0.226. The fraction of sp³-hybridized carbons (Fsp3) is 0.0952. The maximum absolute atomic E-state index is 13.2. The third kappa shape index (κ3) is 3.67. The van der Waals surface area contributed by atoms with E-state index < -0.39 is 17.2 Å². The van der Waals surface area contributed by atoms with Gasteiger partial charge in [0.25, 0.3) is 5.56 Å². The summed E-state index contributed by atoms with van der Waals surface area (Å²) in [4.78, 5) is 40.3. The van der Waals surface area contributed by atoms with E-state index in [2.05, 4.69) is 5.32 Å². The largest absolute Gasteiger partial charge is 0.337 e. The molecule has 0 atom stereocenters. The highest BCUT2D eigenvalue weighted by molar-refractivity contribution is 7.18. The van der Waals surface area contributed by atoms with Crippen LogP contribution in [0.5, 0.6) is 0 Å². The first kappa shape index (κ1) is 20.4. The number of nitrogens with zero attached hydrogens (tertiary/aromatic N) is 2. The van der Waals surface area contributed by atoms with Crippen LogP contribution in [0.15, 0.2) is 64.2 Å². The van der Waals surface area contributed by atoms with E-state index in [1.165, 1.54) is 15.9 Å². The number of carbonyl (C=O) groups excluding carboxylic acids is 1. The number of hydrogen-bond acceptors (Lipinski definition) is 4. The van der Waals surface area contributed by atoms with Crippen LogP contribution in [0.25, 0.3) is 15.9 Å². The van der Waals surface area contributed by atoms with E-state index in [9.17, 15) is 14.4 Å². The lowest BCUT2D eigenvalue weighted by Crippen LogP contribution is -2.40. The quantitative estimate of drug-likeness (QED) is 0.489. The average molecular weight is 460 g/mol. The monoisotopic (exact) mass is 459 g/mol. The Morgan fingerprint density at radius 1 is 1.07 bits per heavy atom. The molecule has 152 valence electrons. The zero-order chi connectivity index (χ0) is 21.4. The average Bonchev–Trinajstić information content (AvgIpc) is 3.11. The van der Waals surface area contributed by atoms with Gasteiger partial charge in [-0.2, -0.15) is 0 Å². The topological polar surface area (TPSA) is 73.1 Å². The van der Waals surface area contributed by atoms with Crippen LogP contribution >= 0.6 is 34.5 Å². The first-order valence-electron chi connectivity index (χ1n) is 8.92. The number of anilines is 1. The number of nitrogens with one attached hydrogen (secondary N) is 1. The molecule has 0 spiro atoms. The van der Waals surface area contributed by atoms with E-state index in [4.69, 9.17) is 23.2 Å². The lowest BCUT2D eigenvalue weighted by molar-refractivity contribution is -0.116. The standard InChI is InChI=1S/C21H15Cl2N3O3S/c1-12-10-14-19(28)26(13-6-3-2-4-7-13)21(29)25(20(14)30-12)11-17(27)24-16-9-5-8-15(22)18(16)23/h2-10H,11H2,1H3,(H,24,27). The van der Waals surface area contributed by atoms with Crippen molar-refractivity contribution >= 4 is 56.3 Å². The number of carbonyl (C=O) groups is 1. The van der Waals surface area contributed by atoms with Crippen LogP contribution in [0.1, 0.15) is 4.88 Å². The van der Waals surface area contributed by atoms with E-state index in [1.54, 1.807) is 54.6 Å². The molecule has 2 aromatic heterocycles. The van der Waals surface area contributed by atoms with Crippen molar-refractivity contribution in [3.05, 3.63) is 90.4 Å².